The molecule has 1 amide bonds. The Morgan fingerprint density at radius 2 is 1.85 bits per heavy atom. The lowest BCUT2D eigenvalue weighted by molar-refractivity contribution is -0.316. The average molecular weight is 376 g/mol. The van der Waals surface area contributed by atoms with E-state index in [4.69, 9.17) is 4.74 Å². The molecule has 1 fully saturated rings. The minimum Gasteiger partial charge on any atom is -0.550 e. The van der Waals surface area contributed by atoms with Crippen LogP contribution in [0.2, 0.25) is 0 Å². The summed E-state index contributed by atoms with van der Waals surface area (Å²) in [6, 6.07) is 1.72. The maximum absolute atomic E-state index is 12.9. The predicted octanol–water partition coefficient (Wildman–Crippen LogP) is 2.00. The number of fused-ring (bicyclic) bond motifs is 2. The van der Waals surface area contributed by atoms with Gasteiger partial charge in [-0.2, -0.15) is 0 Å². The molecule has 0 radical (unpaired) electrons. The Balaban J connectivity index is 1.85. The van der Waals surface area contributed by atoms with E-state index in [1.807, 2.05) is 19.1 Å². The van der Waals surface area contributed by atoms with E-state index in [2.05, 4.69) is 5.32 Å². The molecule has 1 N–H and O–H groups in total. The summed E-state index contributed by atoms with van der Waals surface area (Å²) in [5, 5.41) is 14.8. The molecule has 0 aromatic carbocycles. The summed E-state index contributed by atoms with van der Waals surface area (Å²) in [5.74, 6) is -3.82. The van der Waals surface area contributed by atoms with E-state index in [0.717, 1.165) is 24.1 Å². The van der Waals surface area contributed by atoms with E-state index in [-0.39, 0.29) is 24.3 Å². The van der Waals surface area contributed by atoms with Gasteiger partial charge in [-0.1, -0.05) is 19.1 Å². The normalized spacial score (nSPS) is 26.5. The number of esters is 1. The molecule has 2 bridgehead atoms. The fraction of sp³-hybridized carbons (Fsp3) is 0.526. The van der Waals surface area contributed by atoms with Crippen molar-refractivity contribution >= 4 is 34.2 Å². The number of anilines is 1. The highest BCUT2D eigenvalue weighted by Crippen LogP contribution is 2.45. The van der Waals surface area contributed by atoms with Crippen LogP contribution in [-0.2, 0) is 20.7 Å². The number of rotatable bonds is 6. The summed E-state index contributed by atoms with van der Waals surface area (Å²) in [5.41, 5.74) is 0.323. The third-order valence-electron chi connectivity index (χ3n) is 5.19. The number of thiophene rings is 1. The smallest absolute Gasteiger partial charge is 0.341 e. The van der Waals surface area contributed by atoms with Crippen molar-refractivity contribution in [3.05, 3.63) is 28.7 Å². The van der Waals surface area contributed by atoms with Crippen LogP contribution in [0.15, 0.2) is 18.2 Å². The van der Waals surface area contributed by atoms with Gasteiger partial charge in [0.25, 0.3) is 0 Å². The molecule has 0 spiro atoms. The van der Waals surface area contributed by atoms with Crippen LogP contribution < -0.4 is 10.4 Å². The number of hydrogen-bond donors (Lipinski definition) is 1. The van der Waals surface area contributed by atoms with Crippen LogP contribution in [-0.4, -0.2) is 24.5 Å². The monoisotopic (exact) mass is 376 g/mol. The van der Waals surface area contributed by atoms with Crippen LogP contribution >= 0.6 is 11.3 Å². The molecule has 1 heterocycles. The fourth-order valence-corrected chi connectivity index (χ4v) is 4.92. The average Bonchev–Trinajstić information content (AvgIpc) is 3.05. The lowest BCUT2D eigenvalue weighted by Crippen LogP contribution is -2.51. The molecule has 0 saturated heterocycles. The van der Waals surface area contributed by atoms with Gasteiger partial charge >= 0.3 is 5.97 Å². The summed E-state index contributed by atoms with van der Waals surface area (Å²) in [6.07, 6.45) is 6.11. The van der Waals surface area contributed by atoms with Crippen molar-refractivity contribution in [2.75, 3.05) is 11.9 Å². The van der Waals surface area contributed by atoms with Crippen LogP contribution in [0.1, 0.15) is 41.9 Å². The Labute approximate surface area is 156 Å². The van der Waals surface area contributed by atoms with Crippen molar-refractivity contribution < 1.29 is 24.2 Å². The number of carboxylic acid groups (broad SMARTS) is 1. The minimum absolute atomic E-state index is 0.112. The Kier molecular flexibility index (Phi) is 5.46. The number of aryl methyl sites for hydroxylation is 1. The molecule has 140 valence electrons. The SMILES string of the molecule is CCOC(=O)c1cc(CC)sc1NC(=O)[C@@H]1[C@@H](C(=O)[O-])[C@H]2C=C[C@H]1CC2. The molecule has 6 nitrogen and oxygen atoms in total. The van der Waals surface area contributed by atoms with E-state index in [9.17, 15) is 19.5 Å². The van der Waals surface area contributed by atoms with E-state index in [1.165, 1.54) is 11.3 Å². The second kappa shape index (κ2) is 7.61. The summed E-state index contributed by atoms with van der Waals surface area (Å²) >= 11 is 1.32. The summed E-state index contributed by atoms with van der Waals surface area (Å²) in [6.45, 7) is 3.93. The zero-order valence-electron chi connectivity index (χ0n) is 14.8. The van der Waals surface area contributed by atoms with Crippen molar-refractivity contribution in [1.82, 2.24) is 0 Å². The van der Waals surface area contributed by atoms with E-state index in [1.54, 1.807) is 13.0 Å². The highest BCUT2D eigenvalue weighted by Gasteiger charge is 2.45. The summed E-state index contributed by atoms with van der Waals surface area (Å²) in [4.78, 5) is 37.7. The van der Waals surface area contributed by atoms with Gasteiger partial charge in [-0.15, -0.1) is 11.3 Å². The molecular formula is C19H22NO5S-. The molecule has 4 rings (SSSR count). The van der Waals surface area contributed by atoms with E-state index in [0.29, 0.717) is 10.6 Å². The second-order valence-electron chi connectivity index (χ2n) is 6.68. The molecule has 3 aliphatic carbocycles. The molecule has 1 aromatic rings. The van der Waals surface area contributed by atoms with Crippen LogP contribution in [0.5, 0.6) is 0 Å². The molecule has 1 aromatic heterocycles. The molecule has 0 aliphatic heterocycles. The van der Waals surface area contributed by atoms with Gasteiger partial charge in [0.2, 0.25) is 5.91 Å². The molecule has 7 heteroatoms. The number of carboxylic acids is 1. The van der Waals surface area contributed by atoms with Gasteiger partial charge < -0.3 is 20.0 Å². The Morgan fingerprint density at radius 3 is 2.38 bits per heavy atom. The second-order valence-corrected chi connectivity index (χ2v) is 7.82. The topological polar surface area (TPSA) is 95.5 Å². The van der Waals surface area contributed by atoms with Crippen LogP contribution in [0, 0.1) is 23.7 Å². The predicted molar refractivity (Wildman–Crippen MR) is 95.6 cm³/mol. The first-order valence-corrected chi connectivity index (χ1v) is 9.77. The lowest BCUT2D eigenvalue weighted by atomic mass is 9.62. The van der Waals surface area contributed by atoms with Crippen LogP contribution in [0.4, 0.5) is 5.00 Å². The molecular weight excluding hydrogens is 354 g/mol. The molecule has 4 atom stereocenters. The summed E-state index contributed by atoms with van der Waals surface area (Å²) in [7, 11) is 0. The molecule has 26 heavy (non-hydrogen) atoms. The Morgan fingerprint density at radius 1 is 1.19 bits per heavy atom. The maximum Gasteiger partial charge on any atom is 0.341 e. The Hall–Kier alpha value is -2.15. The fourth-order valence-electron chi connectivity index (χ4n) is 3.94. The van der Waals surface area contributed by atoms with Crippen molar-refractivity contribution in [2.24, 2.45) is 23.7 Å². The third-order valence-corrected chi connectivity index (χ3v) is 6.38. The first-order valence-electron chi connectivity index (χ1n) is 8.96. The number of hydrogen-bond acceptors (Lipinski definition) is 6. The number of carbonyl (C=O) groups is 3. The lowest BCUT2D eigenvalue weighted by Gasteiger charge is -2.44. The molecule has 0 unspecified atom stereocenters. The zero-order valence-corrected chi connectivity index (χ0v) is 15.6. The third kappa shape index (κ3) is 3.40. The minimum atomic E-state index is -1.18. The number of ether oxygens (including phenoxy) is 1. The number of nitrogens with one attached hydrogen (secondary N) is 1. The largest absolute Gasteiger partial charge is 0.550 e. The van der Waals surface area contributed by atoms with E-state index >= 15 is 0 Å². The van der Waals surface area contributed by atoms with Gasteiger partial charge in [-0.05, 0) is 44.1 Å². The van der Waals surface area contributed by atoms with Gasteiger partial charge in [0.15, 0.2) is 0 Å². The first kappa shape index (κ1) is 18.6. The van der Waals surface area contributed by atoms with E-state index < -0.39 is 23.8 Å². The van der Waals surface area contributed by atoms with Gasteiger partial charge in [0, 0.05) is 16.8 Å². The molecule has 1 saturated carbocycles. The number of aliphatic carboxylic acids is 1. The van der Waals surface area contributed by atoms with Crippen molar-refractivity contribution in [1.29, 1.82) is 0 Å². The highest BCUT2D eigenvalue weighted by molar-refractivity contribution is 7.16. The van der Waals surface area contributed by atoms with Crippen molar-refractivity contribution in [3.63, 3.8) is 0 Å². The standard InChI is InChI=1S/C19H23NO5S/c1-3-12-9-13(19(24)25-4-2)17(26-12)20-16(21)14-10-5-7-11(8-6-10)15(14)18(22)23/h5,7,9-11,14-15H,3-4,6,8H2,1-2H3,(H,20,21)(H,22,23)/p-1/t10-,11-,14-,15-/m0/s1. The number of carbonyl (C=O) groups excluding carboxylic acids is 3. The van der Waals surface area contributed by atoms with Gasteiger partial charge in [0.1, 0.15) is 5.00 Å². The van der Waals surface area contributed by atoms with Gasteiger partial charge in [-0.25, -0.2) is 4.79 Å². The number of amides is 1. The first-order chi connectivity index (χ1) is 12.5. The van der Waals surface area contributed by atoms with Gasteiger partial charge in [0.05, 0.1) is 18.1 Å². The zero-order chi connectivity index (χ0) is 18.8. The van der Waals surface area contributed by atoms with Crippen LogP contribution in [0.25, 0.3) is 0 Å². The summed E-state index contributed by atoms with van der Waals surface area (Å²) < 4.78 is 5.06. The quantitative estimate of drug-likeness (QED) is 0.605. The Bertz CT molecular complexity index is 753. The van der Waals surface area contributed by atoms with Crippen LogP contribution in [0.3, 0.4) is 0 Å². The number of allylic oxidation sites excluding steroid dienone is 2. The van der Waals surface area contributed by atoms with Crippen molar-refractivity contribution in [2.45, 2.75) is 33.1 Å². The highest BCUT2D eigenvalue weighted by atomic mass is 32.1. The maximum atomic E-state index is 12.9. The van der Waals surface area contributed by atoms with Crippen molar-refractivity contribution in [3.8, 4) is 0 Å². The molecule has 3 aliphatic rings. The van der Waals surface area contributed by atoms with Gasteiger partial charge in [-0.3, -0.25) is 4.79 Å².